The van der Waals surface area contributed by atoms with Crippen molar-refractivity contribution in [3.63, 3.8) is 0 Å². The molecule has 4 rings (SSSR count). The zero-order valence-electron chi connectivity index (χ0n) is 12.2. The van der Waals surface area contributed by atoms with Crippen LogP contribution >= 0.6 is 0 Å². The van der Waals surface area contributed by atoms with Gasteiger partial charge in [0.15, 0.2) is 0 Å². The van der Waals surface area contributed by atoms with Crippen LogP contribution in [-0.2, 0) is 0 Å². The van der Waals surface area contributed by atoms with Crippen LogP contribution in [0.4, 0.5) is 0 Å². The Bertz CT molecular complexity index is 885. The van der Waals surface area contributed by atoms with E-state index in [0.717, 1.165) is 28.0 Å². The Kier molecular flexibility index (Phi) is 3.01. The molecule has 1 aliphatic rings. The van der Waals surface area contributed by atoms with Crippen LogP contribution in [0.3, 0.4) is 0 Å². The molecule has 1 fully saturated rings. The third kappa shape index (κ3) is 2.29. The highest BCUT2D eigenvalue weighted by molar-refractivity contribution is 5.75. The maximum absolute atomic E-state index is 5.54. The Balaban J connectivity index is 1.86. The van der Waals surface area contributed by atoms with Gasteiger partial charge in [-0.2, -0.15) is 5.10 Å². The van der Waals surface area contributed by atoms with Crippen LogP contribution in [0.2, 0.25) is 0 Å². The number of nitrogens with zero attached hydrogens (tertiary/aromatic N) is 4. The van der Waals surface area contributed by atoms with E-state index in [-0.39, 0.29) is 0 Å². The molecule has 0 saturated heterocycles. The van der Waals surface area contributed by atoms with E-state index in [1.165, 1.54) is 19.2 Å². The van der Waals surface area contributed by atoms with Gasteiger partial charge in [-0.1, -0.05) is 11.8 Å². The second-order valence-corrected chi connectivity index (χ2v) is 5.32. The van der Waals surface area contributed by atoms with Gasteiger partial charge < -0.3 is 4.74 Å². The monoisotopic (exact) mass is 290 g/mol. The fraction of sp³-hybridized carbons (Fsp3) is 0.235. The first-order valence-electron chi connectivity index (χ1n) is 7.17. The van der Waals surface area contributed by atoms with Gasteiger partial charge in [-0.3, -0.25) is 0 Å². The lowest BCUT2D eigenvalue weighted by Gasteiger charge is -2.07. The Hall–Kier alpha value is -2.87. The van der Waals surface area contributed by atoms with Crippen molar-refractivity contribution in [2.75, 3.05) is 7.11 Å². The van der Waals surface area contributed by atoms with Crippen molar-refractivity contribution in [2.24, 2.45) is 5.92 Å². The molecule has 0 aromatic carbocycles. The number of hydrogen-bond acceptors (Lipinski definition) is 4. The smallest absolute Gasteiger partial charge is 0.146 e. The highest BCUT2D eigenvalue weighted by atomic mass is 16.5. The minimum Gasteiger partial charge on any atom is -0.494 e. The molecule has 0 amide bonds. The summed E-state index contributed by atoms with van der Waals surface area (Å²) < 4.78 is 7.35. The van der Waals surface area contributed by atoms with E-state index in [0.29, 0.717) is 5.92 Å². The number of pyridine rings is 1. The average Bonchev–Trinajstić information content (AvgIpc) is 3.32. The van der Waals surface area contributed by atoms with E-state index in [4.69, 9.17) is 4.74 Å². The predicted molar refractivity (Wildman–Crippen MR) is 82.4 cm³/mol. The molecule has 0 radical (unpaired) electrons. The molecule has 0 spiro atoms. The van der Waals surface area contributed by atoms with Crippen molar-refractivity contribution in [1.29, 1.82) is 0 Å². The highest BCUT2D eigenvalue weighted by Gasteiger charge is 2.18. The lowest BCUT2D eigenvalue weighted by molar-refractivity contribution is 0.417. The molecule has 5 nitrogen and oxygen atoms in total. The van der Waals surface area contributed by atoms with Crippen LogP contribution in [0.15, 0.2) is 37.2 Å². The molecule has 3 aromatic rings. The quantitative estimate of drug-likeness (QED) is 0.681. The van der Waals surface area contributed by atoms with E-state index in [1.807, 2.05) is 12.3 Å². The van der Waals surface area contributed by atoms with Gasteiger partial charge in [0.25, 0.3) is 0 Å². The molecular weight excluding hydrogens is 276 g/mol. The third-order valence-corrected chi connectivity index (χ3v) is 3.68. The van der Waals surface area contributed by atoms with E-state index >= 15 is 0 Å². The lowest BCUT2D eigenvalue weighted by Crippen LogP contribution is -1.94. The standard InChI is InChI=1S/C17H14N4O/c1-22-16-6-14(15-7-18-11-19-8-15)10-21-17(16)13(9-20-21)5-4-12-2-3-12/h6-12H,2-3H2,1H3. The summed E-state index contributed by atoms with van der Waals surface area (Å²) in [5.74, 6) is 7.80. The number of aromatic nitrogens is 4. The molecule has 0 aliphatic heterocycles. The summed E-state index contributed by atoms with van der Waals surface area (Å²) in [6, 6.07) is 1.97. The van der Waals surface area contributed by atoms with Crippen LogP contribution in [0.1, 0.15) is 18.4 Å². The van der Waals surface area contributed by atoms with Crippen LogP contribution in [-0.4, -0.2) is 26.7 Å². The molecule has 1 aliphatic carbocycles. The zero-order valence-corrected chi connectivity index (χ0v) is 12.2. The molecule has 108 valence electrons. The molecule has 3 aromatic heterocycles. The molecule has 0 atom stereocenters. The zero-order chi connectivity index (χ0) is 14.9. The van der Waals surface area contributed by atoms with Gasteiger partial charge in [0.05, 0.1) is 18.9 Å². The SMILES string of the molecule is COc1cc(-c2cncnc2)cn2ncc(C#CC3CC3)c12. The summed E-state index contributed by atoms with van der Waals surface area (Å²) in [5, 5.41) is 4.41. The summed E-state index contributed by atoms with van der Waals surface area (Å²) in [5.41, 5.74) is 3.68. The fourth-order valence-corrected chi connectivity index (χ4v) is 2.34. The summed E-state index contributed by atoms with van der Waals surface area (Å²) >= 11 is 0. The maximum Gasteiger partial charge on any atom is 0.146 e. The second kappa shape index (κ2) is 5.15. The van der Waals surface area contributed by atoms with Crippen LogP contribution < -0.4 is 4.74 Å². The van der Waals surface area contributed by atoms with Gasteiger partial charge in [0.1, 0.15) is 17.6 Å². The largest absolute Gasteiger partial charge is 0.494 e. The fourth-order valence-electron chi connectivity index (χ4n) is 2.34. The number of ether oxygens (including phenoxy) is 1. The number of fused-ring (bicyclic) bond motifs is 1. The Morgan fingerprint density at radius 1 is 1.18 bits per heavy atom. The van der Waals surface area contributed by atoms with Gasteiger partial charge in [-0.25, -0.2) is 14.5 Å². The van der Waals surface area contributed by atoms with E-state index in [9.17, 15) is 0 Å². The third-order valence-electron chi connectivity index (χ3n) is 3.68. The minimum absolute atomic E-state index is 0.557. The summed E-state index contributed by atoms with van der Waals surface area (Å²) in [4.78, 5) is 8.11. The van der Waals surface area contributed by atoms with E-state index < -0.39 is 0 Å². The molecular formula is C17H14N4O. The average molecular weight is 290 g/mol. The van der Waals surface area contributed by atoms with Gasteiger partial charge in [-0.05, 0) is 18.9 Å². The van der Waals surface area contributed by atoms with Gasteiger partial charge >= 0.3 is 0 Å². The number of rotatable bonds is 2. The lowest BCUT2D eigenvalue weighted by atomic mass is 10.1. The predicted octanol–water partition coefficient (Wildman–Crippen LogP) is 2.56. The highest BCUT2D eigenvalue weighted by Crippen LogP contribution is 2.30. The van der Waals surface area contributed by atoms with Gasteiger partial charge in [-0.15, -0.1) is 0 Å². The number of hydrogen-bond donors (Lipinski definition) is 0. The van der Waals surface area contributed by atoms with Crippen molar-refractivity contribution < 1.29 is 4.74 Å². The first-order valence-corrected chi connectivity index (χ1v) is 7.17. The van der Waals surface area contributed by atoms with Crippen LogP contribution in [0.25, 0.3) is 16.6 Å². The first-order chi connectivity index (χ1) is 10.8. The topological polar surface area (TPSA) is 52.3 Å². The molecule has 1 saturated carbocycles. The van der Waals surface area contributed by atoms with E-state index in [2.05, 4.69) is 26.9 Å². The molecule has 0 bridgehead atoms. The summed E-state index contributed by atoms with van der Waals surface area (Å²) in [6.07, 6.45) is 11.2. The van der Waals surface area contributed by atoms with Crippen molar-refractivity contribution in [3.8, 4) is 28.7 Å². The van der Waals surface area contributed by atoms with Gasteiger partial charge in [0.2, 0.25) is 0 Å². The van der Waals surface area contributed by atoms with Crippen LogP contribution in [0, 0.1) is 17.8 Å². The Morgan fingerprint density at radius 3 is 2.73 bits per heavy atom. The molecule has 3 heterocycles. The van der Waals surface area contributed by atoms with Crippen molar-refractivity contribution in [1.82, 2.24) is 19.6 Å². The molecule has 22 heavy (non-hydrogen) atoms. The van der Waals surface area contributed by atoms with Crippen molar-refractivity contribution in [2.45, 2.75) is 12.8 Å². The number of methoxy groups -OCH3 is 1. The van der Waals surface area contributed by atoms with Crippen molar-refractivity contribution in [3.05, 3.63) is 42.7 Å². The molecule has 0 N–H and O–H groups in total. The molecule has 5 heteroatoms. The Morgan fingerprint density at radius 2 is 2.00 bits per heavy atom. The summed E-state index contributed by atoms with van der Waals surface area (Å²) in [7, 11) is 1.66. The maximum atomic E-state index is 5.54. The molecule has 0 unspecified atom stereocenters. The first kappa shape index (κ1) is 12.8. The van der Waals surface area contributed by atoms with E-state index in [1.54, 1.807) is 30.2 Å². The second-order valence-electron chi connectivity index (χ2n) is 5.32. The van der Waals surface area contributed by atoms with Crippen LogP contribution in [0.5, 0.6) is 5.75 Å². The Labute approximate surface area is 128 Å². The normalized spacial score (nSPS) is 13.7. The van der Waals surface area contributed by atoms with Gasteiger partial charge in [0, 0.05) is 35.6 Å². The van der Waals surface area contributed by atoms with Crippen molar-refractivity contribution >= 4 is 5.52 Å². The summed E-state index contributed by atoms with van der Waals surface area (Å²) in [6.45, 7) is 0. The minimum atomic E-state index is 0.557.